The number of hydrogen-bond acceptors (Lipinski definition) is 3. The Hall–Kier alpha value is -1.55. The predicted octanol–water partition coefficient (Wildman–Crippen LogP) is 3.42. The summed E-state index contributed by atoms with van der Waals surface area (Å²) >= 11 is 0. The first-order valence-corrected chi connectivity index (χ1v) is 8.92. The lowest BCUT2D eigenvalue weighted by Gasteiger charge is -2.32. The lowest BCUT2D eigenvalue weighted by Crippen LogP contribution is -2.39. The average Bonchev–Trinajstić information content (AvgIpc) is 2.63. The topological polar surface area (TPSA) is 32.8 Å². The molecule has 0 aromatic heterocycles. The maximum Gasteiger partial charge on any atom is 0.255 e. The minimum atomic E-state index is 0.154. The van der Waals surface area contributed by atoms with Gasteiger partial charge in [-0.15, -0.1) is 0 Å². The zero-order valence-electron chi connectivity index (χ0n) is 14.8. The Morgan fingerprint density at radius 1 is 1.17 bits per heavy atom. The van der Waals surface area contributed by atoms with Gasteiger partial charge in [0.25, 0.3) is 5.91 Å². The van der Waals surface area contributed by atoms with Gasteiger partial charge in [-0.1, -0.05) is 38.8 Å². The number of nitrogens with zero attached hydrogens (tertiary/aromatic N) is 2. The largest absolute Gasteiger partial charge is 0.378 e. The van der Waals surface area contributed by atoms with E-state index in [-0.39, 0.29) is 5.91 Å². The third-order valence-electron chi connectivity index (χ3n) is 4.79. The normalized spacial score (nSPS) is 15.0. The van der Waals surface area contributed by atoms with E-state index in [2.05, 4.69) is 31.7 Å². The van der Waals surface area contributed by atoms with Crippen molar-refractivity contribution in [1.29, 1.82) is 0 Å². The summed E-state index contributed by atoms with van der Waals surface area (Å²) in [6, 6.07) is 7.99. The zero-order valence-corrected chi connectivity index (χ0v) is 14.8. The van der Waals surface area contributed by atoms with Gasteiger partial charge < -0.3 is 14.5 Å². The van der Waals surface area contributed by atoms with Gasteiger partial charge in [-0.05, 0) is 25.0 Å². The van der Waals surface area contributed by atoms with Crippen LogP contribution in [0.2, 0.25) is 0 Å². The first-order chi connectivity index (χ1) is 11.2. The minimum absolute atomic E-state index is 0.154. The Morgan fingerprint density at radius 2 is 1.83 bits per heavy atom. The number of amides is 1. The Morgan fingerprint density at radius 3 is 2.43 bits per heavy atom. The summed E-state index contributed by atoms with van der Waals surface area (Å²) in [6.07, 6.45) is 2.23. The number of rotatable bonds is 7. The van der Waals surface area contributed by atoms with Crippen LogP contribution in [-0.2, 0) is 4.74 Å². The van der Waals surface area contributed by atoms with Gasteiger partial charge in [-0.25, -0.2) is 0 Å². The molecule has 0 radical (unpaired) electrons. The highest BCUT2D eigenvalue weighted by atomic mass is 16.5. The fraction of sp³-hybridized carbons (Fsp3) is 0.632. The van der Waals surface area contributed by atoms with Crippen molar-refractivity contribution in [3.63, 3.8) is 0 Å². The molecule has 1 aromatic rings. The van der Waals surface area contributed by atoms with Gasteiger partial charge in [0.15, 0.2) is 0 Å². The third kappa shape index (κ3) is 4.47. The molecule has 0 atom stereocenters. The molecule has 1 aliphatic rings. The molecule has 0 spiro atoms. The quantitative estimate of drug-likeness (QED) is 0.772. The Balaban J connectivity index is 2.20. The second-order valence-electron chi connectivity index (χ2n) is 6.14. The summed E-state index contributed by atoms with van der Waals surface area (Å²) in [5.41, 5.74) is 1.87. The van der Waals surface area contributed by atoms with Crippen molar-refractivity contribution in [3.8, 4) is 0 Å². The molecular weight excluding hydrogens is 288 g/mol. The van der Waals surface area contributed by atoms with Crippen LogP contribution in [0.15, 0.2) is 24.3 Å². The van der Waals surface area contributed by atoms with Crippen LogP contribution in [0.3, 0.4) is 0 Å². The van der Waals surface area contributed by atoms with E-state index in [0.29, 0.717) is 5.92 Å². The van der Waals surface area contributed by atoms with E-state index in [9.17, 15) is 4.79 Å². The molecule has 23 heavy (non-hydrogen) atoms. The summed E-state index contributed by atoms with van der Waals surface area (Å²) in [7, 11) is 0. The van der Waals surface area contributed by atoms with Crippen LogP contribution < -0.4 is 4.90 Å². The van der Waals surface area contributed by atoms with Crippen molar-refractivity contribution >= 4 is 11.6 Å². The second-order valence-corrected chi connectivity index (χ2v) is 6.14. The molecule has 0 N–H and O–H groups in total. The van der Waals surface area contributed by atoms with Gasteiger partial charge in [0.05, 0.1) is 18.8 Å². The number of morpholine rings is 1. The molecule has 1 aliphatic heterocycles. The van der Waals surface area contributed by atoms with Gasteiger partial charge in [0.1, 0.15) is 0 Å². The Bertz CT molecular complexity index is 494. The summed E-state index contributed by atoms with van der Waals surface area (Å²) < 4.78 is 5.43. The van der Waals surface area contributed by atoms with Gasteiger partial charge in [-0.2, -0.15) is 0 Å². The first kappa shape index (κ1) is 17.8. The van der Waals surface area contributed by atoms with Crippen molar-refractivity contribution < 1.29 is 9.53 Å². The standard InChI is InChI=1S/C19H30N2O2/c1-4-16(5-2)15-20(6-3)19(22)17-9-7-8-10-18(17)21-11-13-23-14-12-21/h7-10,16H,4-6,11-15H2,1-3H3. The van der Waals surface area contributed by atoms with Crippen LogP contribution in [0.4, 0.5) is 5.69 Å². The molecule has 0 unspecified atom stereocenters. The number of para-hydroxylation sites is 1. The van der Waals surface area contributed by atoms with Gasteiger partial charge in [-0.3, -0.25) is 4.79 Å². The fourth-order valence-electron chi connectivity index (χ4n) is 3.12. The maximum absolute atomic E-state index is 13.1. The monoisotopic (exact) mass is 318 g/mol. The van der Waals surface area contributed by atoms with Crippen molar-refractivity contribution in [2.75, 3.05) is 44.3 Å². The van der Waals surface area contributed by atoms with Crippen LogP contribution in [0.5, 0.6) is 0 Å². The van der Waals surface area contributed by atoms with Crippen LogP contribution in [0.1, 0.15) is 44.0 Å². The van der Waals surface area contributed by atoms with Crippen molar-refractivity contribution in [1.82, 2.24) is 4.90 Å². The summed E-state index contributed by atoms with van der Waals surface area (Å²) in [4.78, 5) is 17.3. The molecule has 128 valence electrons. The van der Waals surface area contributed by atoms with E-state index < -0.39 is 0 Å². The molecule has 1 saturated heterocycles. The highest BCUT2D eigenvalue weighted by molar-refractivity contribution is 5.99. The molecule has 1 aromatic carbocycles. The van der Waals surface area contributed by atoms with E-state index in [0.717, 1.165) is 63.5 Å². The van der Waals surface area contributed by atoms with Crippen molar-refractivity contribution in [2.45, 2.75) is 33.6 Å². The van der Waals surface area contributed by atoms with Crippen LogP contribution in [0, 0.1) is 5.92 Å². The van der Waals surface area contributed by atoms with E-state index in [1.807, 2.05) is 23.1 Å². The molecule has 0 bridgehead atoms. The lowest BCUT2D eigenvalue weighted by molar-refractivity contribution is 0.0734. The van der Waals surface area contributed by atoms with Gasteiger partial charge in [0.2, 0.25) is 0 Å². The van der Waals surface area contributed by atoms with Gasteiger partial charge >= 0.3 is 0 Å². The van der Waals surface area contributed by atoms with Crippen molar-refractivity contribution in [3.05, 3.63) is 29.8 Å². The lowest BCUT2D eigenvalue weighted by atomic mass is 10.0. The van der Waals surface area contributed by atoms with Crippen LogP contribution in [0.25, 0.3) is 0 Å². The smallest absolute Gasteiger partial charge is 0.255 e. The zero-order chi connectivity index (χ0) is 16.7. The van der Waals surface area contributed by atoms with E-state index >= 15 is 0 Å². The Labute approximate surface area is 140 Å². The molecule has 2 rings (SSSR count). The summed E-state index contributed by atoms with van der Waals surface area (Å²) in [6.45, 7) is 11.2. The number of carbonyl (C=O) groups excluding carboxylic acids is 1. The number of hydrogen-bond donors (Lipinski definition) is 0. The molecule has 0 aliphatic carbocycles. The number of carbonyl (C=O) groups is 1. The van der Waals surface area contributed by atoms with Crippen LogP contribution >= 0.6 is 0 Å². The van der Waals surface area contributed by atoms with Crippen LogP contribution in [-0.4, -0.2) is 50.2 Å². The maximum atomic E-state index is 13.1. The number of benzene rings is 1. The first-order valence-electron chi connectivity index (χ1n) is 8.92. The molecule has 0 saturated carbocycles. The average molecular weight is 318 g/mol. The highest BCUT2D eigenvalue weighted by Gasteiger charge is 2.23. The highest BCUT2D eigenvalue weighted by Crippen LogP contribution is 2.24. The predicted molar refractivity (Wildman–Crippen MR) is 95.1 cm³/mol. The molecular formula is C19H30N2O2. The summed E-state index contributed by atoms with van der Waals surface area (Å²) in [5, 5.41) is 0. The SMILES string of the molecule is CCC(CC)CN(CC)C(=O)c1ccccc1N1CCOCC1. The Kier molecular flexibility index (Phi) is 6.90. The molecule has 1 amide bonds. The van der Waals surface area contributed by atoms with Gasteiger partial charge in [0, 0.05) is 31.9 Å². The molecule has 1 heterocycles. The van der Waals surface area contributed by atoms with E-state index in [1.54, 1.807) is 0 Å². The summed E-state index contributed by atoms with van der Waals surface area (Å²) in [5.74, 6) is 0.732. The molecule has 1 fully saturated rings. The number of anilines is 1. The number of ether oxygens (including phenoxy) is 1. The minimum Gasteiger partial charge on any atom is -0.378 e. The third-order valence-corrected chi connectivity index (χ3v) is 4.79. The second kappa shape index (κ2) is 8.92. The molecule has 4 heteroatoms. The van der Waals surface area contributed by atoms with E-state index in [4.69, 9.17) is 4.74 Å². The molecule has 4 nitrogen and oxygen atoms in total. The van der Waals surface area contributed by atoms with E-state index in [1.165, 1.54) is 0 Å². The fourth-order valence-corrected chi connectivity index (χ4v) is 3.12. The van der Waals surface area contributed by atoms with Crippen molar-refractivity contribution in [2.24, 2.45) is 5.92 Å².